The first-order valence-electron chi connectivity index (χ1n) is 11.8. The fourth-order valence-corrected chi connectivity index (χ4v) is 5.13. The highest BCUT2D eigenvalue weighted by Gasteiger charge is 2.40. The number of hydrogen-bond acceptors (Lipinski definition) is 6. The van der Waals surface area contributed by atoms with Gasteiger partial charge in [-0.25, -0.2) is 4.98 Å². The van der Waals surface area contributed by atoms with Crippen molar-refractivity contribution in [2.75, 3.05) is 31.1 Å². The van der Waals surface area contributed by atoms with Crippen LogP contribution in [0.2, 0.25) is 0 Å². The van der Waals surface area contributed by atoms with Crippen LogP contribution in [0.4, 0.5) is 19.0 Å². The smallest absolute Gasteiger partial charge is 0.354 e. The van der Waals surface area contributed by atoms with Crippen molar-refractivity contribution in [3.05, 3.63) is 71.5 Å². The van der Waals surface area contributed by atoms with Gasteiger partial charge in [0.1, 0.15) is 5.82 Å². The van der Waals surface area contributed by atoms with E-state index in [1.165, 1.54) is 18.1 Å². The van der Waals surface area contributed by atoms with Crippen molar-refractivity contribution in [1.82, 2.24) is 20.0 Å². The molecular formula is C25H28F3N5O. The fourth-order valence-electron chi connectivity index (χ4n) is 5.13. The van der Waals surface area contributed by atoms with Gasteiger partial charge in [-0.1, -0.05) is 54.8 Å². The number of piperazine rings is 1. The van der Waals surface area contributed by atoms with E-state index in [1.54, 1.807) is 0 Å². The monoisotopic (exact) mass is 471 g/mol. The molecule has 3 aromatic rings. The lowest BCUT2D eigenvalue weighted by Gasteiger charge is -2.35. The van der Waals surface area contributed by atoms with Gasteiger partial charge in [-0.05, 0) is 30.5 Å². The van der Waals surface area contributed by atoms with E-state index >= 15 is 0 Å². The molecule has 2 aromatic heterocycles. The van der Waals surface area contributed by atoms with Gasteiger partial charge in [0.2, 0.25) is 5.89 Å². The van der Waals surface area contributed by atoms with Crippen LogP contribution in [-0.2, 0) is 18.1 Å². The molecule has 0 spiro atoms. The number of benzene rings is 1. The summed E-state index contributed by atoms with van der Waals surface area (Å²) in [5.74, 6) is 1.95. The maximum atomic E-state index is 12.8. The lowest BCUT2D eigenvalue weighted by atomic mass is 9.69. The van der Waals surface area contributed by atoms with E-state index in [0.29, 0.717) is 31.3 Å². The molecule has 3 heterocycles. The molecule has 0 atom stereocenters. The second kappa shape index (κ2) is 9.37. The highest BCUT2D eigenvalue weighted by Crippen LogP contribution is 2.43. The number of nitrogens with zero attached hydrogens (tertiary/aromatic N) is 5. The molecule has 0 N–H and O–H groups in total. The van der Waals surface area contributed by atoms with E-state index < -0.39 is 11.7 Å². The molecule has 0 bridgehead atoms. The van der Waals surface area contributed by atoms with Crippen LogP contribution in [0.25, 0.3) is 0 Å². The molecule has 34 heavy (non-hydrogen) atoms. The summed E-state index contributed by atoms with van der Waals surface area (Å²) in [5.41, 5.74) is 0.335. The Labute approximate surface area is 196 Å². The topological polar surface area (TPSA) is 58.3 Å². The van der Waals surface area contributed by atoms with Crippen LogP contribution in [0.15, 0.2) is 53.2 Å². The molecule has 0 amide bonds. The van der Waals surface area contributed by atoms with Crippen molar-refractivity contribution < 1.29 is 17.7 Å². The van der Waals surface area contributed by atoms with Crippen molar-refractivity contribution in [1.29, 1.82) is 0 Å². The van der Waals surface area contributed by atoms with E-state index in [4.69, 9.17) is 9.51 Å². The van der Waals surface area contributed by atoms with Crippen molar-refractivity contribution in [2.45, 2.75) is 50.2 Å². The zero-order chi connectivity index (χ0) is 23.6. The van der Waals surface area contributed by atoms with Crippen molar-refractivity contribution in [3.63, 3.8) is 0 Å². The van der Waals surface area contributed by atoms with E-state index in [9.17, 15) is 13.2 Å². The summed E-state index contributed by atoms with van der Waals surface area (Å²) in [7, 11) is 0. The van der Waals surface area contributed by atoms with Crippen LogP contribution in [0, 0.1) is 0 Å². The average molecular weight is 472 g/mol. The zero-order valence-corrected chi connectivity index (χ0v) is 19.0. The third kappa shape index (κ3) is 4.66. The molecule has 1 aliphatic heterocycles. The van der Waals surface area contributed by atoms with Gasteiger partial charge in [-0.15, -0.1) is 0 Å². The maximum absolute atomic E-state index is 12.8. The SMILES string of the molecule is FC(F)(F)c1ccc(N2CCN(Cc3nc(C4(c5ccccc5)CCCCC4)no3)CC2)nc1. The molecule has 180 valence electrons. The number of hydrogen-bond donors (Lipinski definition) is 0. The molecule has 9 heteroatoms. The Bertz CT molecular complexity index is 1070. The summed E-state index contributed by atoms with van der Waals surface area (Å²) in [5, 5.41) is 4.42. The largest absolute Gasteiger partial charge is 0.417 e. The Kier molecular flexibility index (Phi) is 6.29. The van der Waals surface area contributed by atoms with Crippen LogP contribution in [0.1, 0.15) is 54.9 Å². The predicted octanol–water partition coefficient (Wildman–Crippen LogP) is 5.06. The summed E-state index contributed by atoms with van der Waals surface area (Å²) in [6.07, 6.45) is 2.11. The summed E-state index contributed by atoms with van der Waals surface area (Å²) < 4.78 is 44.0. The standard InChI is InChI=1S/C25H28F3N5O/c26-25(27,28)20-9-10-21(29-17-20)33-15-13-32(14-16-33)18-22-30-23(31-34-22)24(11-5-2-6-12-24)19-7-3-1-4-8-19/h1,3-4,7-10,17H,2,5-6,11-16,18H2. The Hall–Kier alpha value is -2.94. The number of pyridine rings is 1. The van der Waals surface area contributed by atoms with Gasteiger partial charge < -0.3 is 9.42 Å². The van der Waals surface area contributed by atoms with Gasteiger partial charge >= 0.3 is 6.18 Å². The quantitative estimate of drug-likeness (QED) is 0.519. The lowest BCUT2D eigenvalue weighted by Crippen LogP contribution is -2.46. The highest BCUT2D eigenvalue weighted by molar-refractivity contribution is 5.40. The van der Waals surface area contributed by atoms with E-state index in [2.05, 4.69) is 39.3 Å². The number of rotatable bonds is 5. The zero-order valence-electron chi connectivity index (χ0n) is 19.0. The maximum Gasteiger partial charge on any atom is 0.417 e. The Morgan fingerprint density at radius 2 is 1.65 bits per heavy atom. The molecular weight excluding hydrogens is 443 g/mol. The van der Waals surface area contributed by atoms with Crippen LogP contribution >= 0.6 is 0 Å². The lowest BCUT2D eigenvalue weighted by molar-refractivity contribution is -0.137. The number of aromatic nitrogens is 3. The third-order valence-electron chi connectivity index (χ3n) is 7.06. The first-order valence-corrected chi connectivity index (χ1v) is 11.8. The molecule has 0 radical (unpaired) electrons. The second-order valence-corrected chi connectivity index (χ2v) is 9.19. The molecule has 6 nitrogen and oxygen atoms in total. The van der Waals surface area contributed by atoms with Crippen LogP contribution in [0.3, 0.4) is 0 Å². The van der Waals surface area contributed by atoms with E-state index in [1.807, 2.05) is 11.0 Å². The number of anilines is 1. The highest BCUT2D eigenvalue weighted by atomic mass is 19.4. The Morgan fingerprint density at radius 3 is 2.29 bits per heavy atom. The number of halogens is 3. The van der Waals surface area contributed by atoms with Gasteiger partial charge in [0.05, 0.1) is 17.5 Å². The summed E-state index contributed by atoms with van der Waals surface area (Å²) in [6, 6.07) is 13.0. The molecule has 1 aliphatic carbocycles. The minimum Gasteiger partial charge on any atom is -0.354 e. The third-order valence-corrected chi connectivity index (χ3v) is 7.06. The molecule has 1 saturated heterocycles. The van der Waals surface area contributed by atoms with Gasteiger partial charge in [-0.3, -0.25) is 4.90 Å². The van der Waals surface area contributed by atoms with Gasteiger partial charge in [0.25, 0.3) is 0 Å². The van der Waals surface area contributed by atoms with Crippen LogP contribution < -0.4 is 4.90 Å². The first-order chi connectivity index (χ1) is 16.4. The van der Waals surface area contributed by atoms with Crippen LogP contribution in [-0.4, -0.2) is 46.2 Å². The summed E-state index contributed by atoms with van der Waals surface area (Å²) >= 11 is 0. The van der Waals surface area contributed by atoms with Crippen molar-refractivity contribution in [3.8, 4) is 0 Å². The van der Waals surface area contributed by atoms with Crippen LogP contribution in [0.5, 0.6) is 0 Å². The normalized spacial score (nSPS) is 19.3. The minimum atomic E-state index is -4.37. The Morgan fingerprint density at radius 1 is 0.912 bits per heavy atom. The summed E-state index contributed by atoms with van der Waals surface area (Å²) in [4.78, 5) is 13.1. The first kappa shape index (κ1) is 22.8. The van der Waals surface area contributed by atoms with Crippen molar-refractivity contribution >= 4 is 5.82 Å². The molecule has 2 fully saturated rings. The minimum absolute atomic E-state index is 0.186. The fraction of sp³-hybridized carbons (Fsp3) is 0.480. The van der Waals surface area contributed by atoms with E-state index in [0.717, 1.165) is 56.9 Å². The molecule has 1 aromatic carbocycles. The molecule has 2 aliphatic rings. The van der Waals surface area contributed by atoms with Gasteiger partial charge in [0.15, 0.2) is 5.82 Å². The number of alkyl halides is 3. The van der Waals surface area contributed by atoms with Gasteiger partial charge in [-0.2, -0.15) is 18.2 Å². The van der Waals surface area contributed by atoms with Gasteiger partial charge in [0, 0.05) is 32.4 Å². The molecule has 5 rings (SSSR count). The second-order valence-electron chi connectivity index (χ2n) is 9.19. The molecule has 1 saturated carbocycles. The predicted molar refractivity (Wildman–Crippen MR) is 121 cm³/mol. The van der Waals surface area contributed by atoms with Crippen molar-refractivity contribution in [2.24, 2.45) is 0 Å². The average Bonchev–Trinajstić information content (AvgIpc) is 3.34. The molecule has 0 unspecified atom stereocenters. The van der Waals surface area contributed by atoms with E-state index in [-0.39, 0.29) is 5.41 Å². The Balaban J connectivity index is 1.23. The summed E-state index contributed by atoms with van der Waals surface area (Å²) in [6.45, 7) is 3.39.